The van der Waals surface area contributed by atoms with E-state index in [0.717, 1.165) is 11.1 Å². The van der Waals surface area contributed by atoms with Gasteiger partial charge in [-0.3, -0.25) is 9.69 Å². The Labute approximate surface area is 163 Å². The summed E-state index contributed by atoms with van der Waals surface area (Å²) in [4.78, 5) is 28.4. The van der Waals surface area contributed by atoms with Gasteiger partial charge in [-0.25, -0.2) is 4.79 Å². The Bertz CT molecular complexity index is 972. The van der Waals surface area contributed by atoms with E-state index in [0.29, 0.717) is 41.4 Å². The van der Waals surface area contributed by atoms with Gasteiger partial charge in [-0.1, -0.05) is 6.92 Å². The number of anilines is 2. The first-order valence-corrected chi connectivity index (χ1v) is 9.25. The van der Waals surface area contributed by atoms with Crippen molar-refractivity contribution in [1.29, 1.82) is 0 Å². The molecule has 146 valence electrons. The summed E-state index contributed by atoms with van der Waals surface area (Å²) in [5, 5.41) is 9.79. The molecule has 0 radical (unpaired) electrons. The molecule has 2 aromatic carbocycles. The molecule has 28 heavy (non-hydrogen) atoms. The second kappa shape index (κ2) is 6.74. The van der Waals surface area contributed by atoms with Gasteiger partial charge in [-0.2, -0.15) is 0 Å². The van der Waals surface area contributed by atoms with Gasteiger partial charge in [0.25, 0.3) is 5.91 Å². The minimum absolute atomic E-state index is 0.142. The van der Waals surface area contributed by atoms with Crippen LogP contribution in [0.15, 0.2) is 30.3 Å². The van der Waals surface area contributed by atoms with E-state index in [1.165, 1.54) is 4.90 Å². The molecule has 1 unspecified atom stereocenters. The Kier molecular flexibility index (Phi) is 4.37. The van der Waals surface area contributed by atoms with Crippen LogP contribution in [0.1, 0.15) is 34.8 Å². The third-order valence-electron chi connectivity index (χ3n) is 5.44. The number of ether oxygens (including phenoxy) is 2. The molecule has 0 saturated carbocycles. The van der Waals surface area contributed by atoms with Gasteiger partial charge in [0.05, 0.1) is 17.4 Å². The topological polar surface area (TPSA) is 79.3 Å². The van der Waals surface area contributed by atoms with Crippen LogP contribution >= 0.6 is 0 Å². The first kappa shape index (κ1) is 18.2. The van der Waals surface area contributed by atoms with Gasteiger partial charge >= 0.3 is 6.09 Å². The summed E-state index contributed by atoms with van der Waals surface area (Å²) in [7, 11) is 0. The summed E-state index contributed by atoms with van der Waals surface area (Å²) in [6.07, 6.45) is -0.407. The average molecular weight is 382 g/mol. The van der Waals surface area contributed by atoms with Crippen LogP contribution in [0.5, 0.6) is 11.5 Å². The molecular weight excluding hydrogens is 360 g/mol. The number of hydrogen-bond acceptors (Lipinski definition) is 4. The predicted molar refractivity (Wildman–Crippen MR) is 105 cm³/mol. The van der Waals surface area contributed by atoms with E-state index >= 15 is 0 Å². The van der Waals surface area contributed by atoms with E-state index in [1.54, 1.807) is 23.1 Å². The fourth-order valence-corrected chi connectivity index (χ4v) is 3.73. The fourth-order valence-electron chi connectivity index (χ4n) is 3.73. The zero-order valence-corrected chi connectivity index (χ0v) is 16.1. The quantitative estimate of drug-likeness (QED) is 0.851. The van der Waals surface area contributed by atoms with Crippen LogP contribution in [-0.4, -0.2) is 36.5 Å². The standard InChI is InChI=1S/C21H22N2O5/c1-4-15-10-22(20(24)14-5-6-18-19(9-14)28-11-27-18)16-7-12(2)13(3)8-17(16)23(15)21(25)26/h5-9,15H,4,10-11H2,1-3H3,(H,25,26). The molecule has 2 aliphatic heterocycles. The van der Waals surface area contributed by atoms with Gasteiger partial charge < -0.3 is 19.5 Å². The molecule has 0 spiro atoms. The highest BCUT2D eigenvalue weighted by Crippen LogP contribution is 2.40. The van der Waals surface area contributed by atoms with Crippen molar-refractivity contribution >= 4 is 23.4 Å². The van der Waals surface area contributed by atoms with Gasteiger partial charge in [-0.05, 0) is 61.7 Å². The zero-order chi connectivity index (χ0) is 20.0. The molecule has 1 N–H and O–H groups in total. The van der Waals surface area contributed by atoms with Gasteiger partial charge in [0.1, 0.15) is 0 Å². The second-order valence-electron chi connectivity index (χ2n) is 7.12. The highest BCUT2D eigenvalue weighted by atomic mass is 16.7. The number of amides is 2. The molecule has 2 aromatic rings. The average Bonchev–Trinajstić information content (AvgIpc) is 3.14. The first-order chi connectivity index (χ1) is 13.4. The molecule has 7 heteroatoms. The lowest BCUT2D eigenvalue weighted by Crippen LogP contribution is -2.52. The van der Waals surface area contributed by atoms with Crippen LogP contribution in [-0.2, 0) is 0 Å². The lowest BCUT2D eigenvalue weighted by molar-refractivity contribution is 0.0982. The molecule has 1 atom stereocenters. The number of carbonyl (C=O) groups is 2. The normalized spacial score (nSPS) is 17.5. The number of carboxylic acid groups (broad SMARTS) is 1. The van der Waals surface area contributed by atoms with Crippen LogP contribution < -0.4 is 19.3 Å². The summed E-state index contributed by atoms with van der Waals surface area (Å²) in [5.74, 6) is 0.971. The van der Waals surface area contributed by atoms with Crippen LogP contribution in [0.25, 0.3) is 0 Å². The minimum atomic E-state index is -1.01. The number of hydrogen-bond donors (Lipinski definition) is 1. The highest BCUT2D eigenvalue weighted by molar-refractivity contribution is 6.10. The third-order valence-corrected chi connectivity index (χ3v) is 5.44. The Morgan fingerprint density at radius 1 is 1.07 bits per heavy atom. The molecule has 0 aromatic heterocycles. The van der Waals surface area contributed by atoms with Crippen molar-refractivity contribution in [2.75, 3.05) is 23.1 Å². The Morgan fingerprint density at radius 3 is 2.43 bits per heavy atom. The maximum Gasteiger partial charge on any atom is 0.412 e. The molecule has 0 fully saturated rings. The van der Waals surface area contributed by atoms with Crippen LogP contribution in [0, 0.1) is 13.8 Å². The number of aryl methyl sites for hydroxylation is 2. The van der Waals surface area contributed by atoms with Crippen molar-refractivity contribution in [2.45, 2.75) is 33.2 Å². The van der Waals surface area contributed by atoms with Crippen molar-refractivity contribution in [1.82, 2.24) is 0 Å². The van der Waals surface area contributed by atoms with E-state index in [4.69, 9.17) is 9.47 Å². The van der Waals surface area contributed by atoms with Gasteiger partial charge in [0.15, 0.2) is 11.5 Å². The molecule has 0 saturated heterocycles. The van der Waals surface area contributed by atoms with Crippen molar-refractivity contribution in [3.05, 3.63) is 47.0 Å². The second-order valence-corrected chi connectivity index (χ2v) is 7.12. The monoisotopic (exact) mass is 382 g/mol. The van der Waals surface area contributed by atoms with E-state index in [1.807, 2.05) is 32.9 Å². The van der Waals surface area contributed by atoms with Gasteiger partial charge in [0, 0.05) is 12.1 Å². The Morgan fingerprint density at radius 2 is 1.75 bits per heavy atom. The summed E-state index contributed by atoms with van der Waals surface area (Å²) in [6.45, 7) is 6.26. The summed E-state index contributed by atoms with van der Waals surface area (Å²) in [5.41, 5.74) is 3.62. The van der Waals surface area contributed by atoms with Crippen LogP contribution in [0.3, 0.4) is 0 Å². The van der Waals surface area contributed by atoms with Gasteiger partial charge in [0.2, 0.25) is 6.79 Å². The first-order valence-electron chi connectivity index (χ1n) is 9.25. The van der Waals surface area contributed by atoms with Gasteiger partial charge in [-0.15, -0.1) is 0 Å². The number of carbonyl (C=O) groups excluding carboxylic acids is 1. The van der Waals surface area contributed by atoms with Crippen LogP contribution in [0.2, 0.25) is 0 Å². The molecule has 2 aliphatic rings. The Balaban J connectivity index is 1.80. The molecule has 2 heterocycles. The lowest BCUT2D eigenvalue weighted by Gasteiger charge is -2.41. The minimum Gasteiger partial charge on any atom is -0.465 e. The van der Waals surface area contributed by atoms with Crippen molar-refractivity contribution in [2.24, 2.45) is 0 Å². The van der Waals surface area contributed by atoms with Crippen molar-refractivity contribution in [3.63, 3.8) is 0 Å². The fraction of sp³-hybridized carbons (Fsp3) is 0.333. The number of nitrogens with zero attached hydrogens (tertiary/aromatic N) is 2. The summed E-state index contributed by atoms with van der Waals surface area (Å²) >= 11 is 0. The van der Waals surface area contributed by atoms with Crippen molar-refractivity contribution in [3.8, 4) is 11.5 Å². The van der Waals surface area contributed by atoms with E-state index in [-0.39, 0.29) is 18.7 Å². The maximum absolute atomic E-state index is 13.4. The number of benzene rings is 2. The third kappa shape index (κ3) is 2.83. The maximum atomic E-state index is 13.4. The number of rotatable bonds is 2. The Hall–Kier alpha value is -3.22. The van der Waals surface area contributed by atoms with E-state index in [2.05, 4.69) is 0 Å². The molecule has 7 nitrogen and oxygen atoms in total. The van der Waals surface area contributed by atoms with Crippen molar-refractivity contribution < 1.29 is 24.2 Å². The molecule has 0 aliphatic carbocycles. The van der Waals surface area contributed by atoms with E-state index in [9.17, 15) is 14.7 Å². The van der Waals surface area contributed by atoms with E-state index < -0.39 is 6.09 Å². The predicted octanol–water partition coefficient (Wildman–Crippen LogP) is 3.96. The molecule has 0 bridgehead atoms. The lowest BCUT2D eigenvalue weighted by atomic mass is 9.99. The zero-order valence-electron chi connectivity index (χ0n) is 16.1. The highest BCUT2D eigenvalue weighted by Gasteiger charge is 2.37. The number of fused-ring (bicyclic) bond motifs is 2. The summed E-state index contributed by atoms with van der Waals surface area (Å²) < 4.78 is 10.7. The molecule has 4 rings (SSSR count). The largest absolute Gasteiger partial charge is 0.465 e. The summed E-state index contributed by atoms with van der Waals surface area (Å²) in [6, 6.07) is 8.53. The molecular formula is C21H22N2O5. The molecule has 2 amide bonds. The smallest absolute Gasteiger partial charge is 0.412 e. The van der Waals surface area contributed by atoms with Crippen LogP contribution in [0.4, 0.5) is 16.2 Å². The SMILES string of the molecule is CCC1CN(C(=O)c2ccc3c(c2)OCO3)c2cc(C)c(C)cc2N1C(=O)O.